The quantitative estimate of drug-likeness (QED) is 0.541. The number of anilines is 1. The fourth-order valence-electron chi connectivity index (χ4n) is 2.63. The molecule has 2 heterocycles. The maximum atomic E-state index is 10.1. The number of fused-ring (bicyclic) bond motifs is 1. The highest BCUT2D eigenvalue weighted by Crippen LogP contribution is 2.33. The lowest BCUT2D eigenvalue weighted by molar-refractivity contribution is 0.0188. The SMILES string of the molecule is CNc1ncnc2ncn([C@H]3C[C@@H](N)[C@@H](O)[C@H]3O)c12. The Morgan fingerprint density at radius 3 is 2.74 bits per heavy atom. The maximum Gasteiger partial charge on any atom is 0.182 e. The maximum absolute atomic E-state index is 10.1. The minimum Gasteiger partial charge on any atom is -0.389 e. The van der Waals surface area contributed by atoms with E-state index in [0.29, 0.717) is 23.4 Å². The summed E-state index contributed by atoms with van der Waals surface area (Å²) in [5.41, 5.74) is 7.04. The van der Waals surface area contributed by atoms with Crippen LogP contribution in [0, 0.1) is 0 Å². The Labute approximate surface area is 109 Å². The summed E-state index contributed by atoms with van der Waals surface area (Å²) < 4.78 is 1.78. The van der Waals surface area contributed by atoms with Crippen LogP contribution in [0.3, 0.4) is 0 Å². The summed E-state index contributed by atoms with van der Waals surface area (Å²) in [5.74, 6) is 0.629. The van der Waals surface area contributed by atoms with Gasteiger partial charge in [0, 0.05) is 13.1 Å². The van der Waals surface area contributed by atoms with Crippen molar-refractivity contribution in [3.05, 3.63) is 12.7 Å². The van der Waals surface area contributed by atoms with Crippen LogP contribution in [0.15, 0.2) is 12.7 Å². The number of hydrogen-bond acceptors (Lipinski definition) is 7. The van der Waals surface area contributed by atoms with Crippen LogP contribution in [0.2, 0.25) is 0 Å². The molecule has 0 aromatic carbocycles. The van der Waals surface area contributed by atoms with Crippen molar-refractivity contribution >= 4 is 17.0 Å². The fourth-order valence-corrected chi connectivity index (χ4v) is 2.63. The lowest BCUT2D eigenvalue weighted by Crippen LogP contribution is -2.35. The van der Waals surface area contributed by atoms with Gasteiger partial charge in [-0.05, 0) is 6.42 Å². The number of hydrogen-bond donors (Lipinski definition) is 4. The molecular formula is C11H16N6O2. The normalized spacial score (nSPS) is 30.9. The van der Waals surface area contributed by atoms with Gasteiger partial charge in [0.1, 0.15) is 17.9 Å². The van der Waals surface area contributed by atoms with E-state index < -0.39 is 18.2 Å². The van der Waals surface area contributed by atoms with Crippen molar-refractivity contribution in [1.29, 1.82) is 0 Å². The fraction of sp³-hybridized carbons (Fsp3) is 0.545. The van der Waals surface area contributed by atoms with Crippen molar-refractivity contribution in [3.8, 4) is 0 Å². The van der Waals surface area contributed by atoms with E-state index in [4.69, 9.17) is 5.73 Å². The largest absolute Gasteiger partial charge is 0.389 e. The molecule has 8 nitrogen and oxygen atoms in total. The standard InChI is InChI=1S/C11H16N6O2/c1-13-10-7-11(15-3-14-10)16-4-17(7)6-2-5(12)8(18)9(6)19/h3-6,8-9,18-19H,2,12H2,1H3,(H,13,14,15)/t5-,6+,8-,9+/m1/s1. The summed E-state index contributed by atoms with van der Waals surface area (Å²) in [6.07, 6.45) is 1.66. The lowest BCUT2D eigenvalue weighted by atomic mass is 10.2. The predicted octanol–water partition coefficient (Wildman–Crippen LogP) is -1.14. The van der Waals surface area contributed by atoms with Gasteiger partial charge >= 0.3 is 0 Å². The first-order valence-corrected chi connectivity index (χ1v) is 6.10. The third-order valence-corrected chi connectivity index (χ3v) is 3.66. The van der Waals surface area contributed by atoms with Crippen LogP contribution in [-0.4, -0.2) is 55.0 Å². The molecule has 19 heavy (non-hydrogen) atoms. The van der Waals surface area contributed by atoms with Crippen molar-refractivity contribution in [2.24, 2.45) is 5.73 Å². The molecule has 4 atom stereocenters. The zero-order chi connectivity index (χ0) is 13.6. The first kappa shape index (κ1) is 12.3. The van der Waals surface area contributed by atoms with Crippen LogP contribution in [0.1, 0.15) is 12.5 Å². The van der Waals surface area contributed by atoms with Gasteiger partial charge in [-0.2, -0.15) is 0 Å². The van der Waals surface area contributed by atoms with Crippen LogP contribution < -0.4 is 11.1 Å². The molecule has 0 bridgehead atoms. The number of aliphatic hydroxyl groups is 2. The molecule has 8 heteroatoms. The second-order valence-corrected chi connectivity index (χ2v) is 4.74. The van der Waals surface area contributed by atoms with E-state index in [0.717, 1.165) is 0 Å². The topological polar surface area (TPSA) is 122 Å². The van der Waals surface area contributed by atoms with Gasteiger partial charge in [-0.3, -0.25) is 0 Å². The average molecular weight is 264 g/mol. The monoisotopic (exact) mass is 264 g/mol. The molecule has 0 unspecified atom stereocenters. The Morgan fingerprint density at radius 1 is 1.32 bits per heavy atom. The number of nitrogens with one attached hydrogen (secondary N) is 1. The highest BCUT2D eigenvalue weighted by Gasteiger charge is 2.41. The molecule has 1 fully saturated rings. The number of aliphatic hydroxyl groups excluding tert-OH is 2. The molecule has 102 valence electrons. The van der Waals surface area contributed by atoms with Crippen molar-refractivity contribution in [3.63, 3.8) is 0 Å². The summed E-state index contributed by atoms with van der Waals surface area (Å²) in [6, 6.07) is -0.770. The Kier molecular flexibility index (Phi) is 2.85. The number of nitrogens with two attached hydrogens (primary N) is 1. The van der Waals surface area contributed by atoms with Gasteiger partial charge in [0.05, 0.1) is 18.5 Å². The summed E-state index contributed by atoms with van der Waals surface area (Å²) in [7, 11) is 1.75. The van der Waals surface area contributed by atoms with E-state index in [9.17, 15) is 10.2 Å². The van der Waals surface area contributed by atoms with E-state index >= 15 is 0 Å². The number of aromatic nitrogens is 4. The van der Waals surface area contributed by atoms with E-state index in [2.05, 4.69) is 20.3 Å². The highest BCUT2D eigenvalue weighted by atomic mass is 16.3. The summed E-state index contributed by atoms with van der Waals surface area (Å²) >= 11 is 0. The Hall–Kier alpha value is -1.77. The predicted molar refractivity (Wildman–Crippen MR) is 68.5 cm³/mol. The number of rotatable bonds is 2. The second kappa shape index (κ2) is 4.41. The highest BCUT2D eigenvalue weighted by molar-refractivity contribution is 5.83. The molecule has 1 aliphatic carbocycles. The summed E-state index contributed by atoms with van der Waals surface area (Å²) in [4.78, 5) is 12.4. The van der Waals surface area contributed by atoms with Crippen LogP contribution in [0.5, 0.6) is 0 Å². The average Bonchev–Trinajstić information content (AvgIpc) is 2.95. The van der Waals surface area contributed by atoms with Crippen LogP contribution in [0.25, 0.3) is 11.2 Å². The molecule has 0 saturated heterocycles. The first-order valence-electron chi connectivity index (χ1n) is 6.10. The minimum atomic E-state index is -0.926. The van der Waals surface area contributed by atoms with Crippen molar-refractivity contribution < 1.29 is 10.2 Å². The van der Waals surface area contributed by atoms with Gasteiger partial charge in [0.25, 0.3) is 0 Å². The van der Waals surface area contributed by atoms with Gasteiger partial charge in [0.2, 0.25) is 0 Å². The third kappa shape index (κ3) is 1.76. The zero-order valence-electron chi connectivity index (χ0n) is 10.4. The molecule has 2 aromatic rings. The van der Waals surface area contributed by atoms with Crippen LogP contribution in [0.4, 0.5) is 5.82 Å². The molecule has 0 spiro atoms. The number of imidazole rings is 1. The molecular weight excluding hydrogens is 248 g/mol. The molecule has 1 aliphatic rings. The molecule has 2 aromatic heterocycles. The van der Waals surface area contributed by atoms with E-state index in [1.165, 1.54) is 6.33 Å². The Balaban J connectivity index is 2.11. The van der Waals surface area contributed by atoms with E-state index in [-0.39, 0.29) is 6.04 Å². The Morgan fingerprint density at radius 2 is 2.11 bits per heavy atom. The van der Waals surface area contributed by atoms with Crippen molar-refractivity contribution in [2.75, 3.05) is 12.4 Å². The molecule has 1 saturated carbocycles. The molecule has 0 amide bonds. The molecule has 0 radical (unpaired) electrons. The van der Waals surface area contributed by atoms with Gasteiger partial charge in [0.15, 0.2) is 11.5 Å². The summed E-state index contributed by atoms with van der Waals surface area (Å²) in [5, 5.41) is 22.8. The van der Waals surface area contributed by atoms with Gasteiger partial charge in [-0.1, -0.05) is 0 Å². The summed E-state index contributed by atoms with van der Waals surface area (Å²) in [6.45, 7) is 0. The molecule has 3 rings (SSSR count). The lowest BCUT2D eigenvalue weighted by Gasteiger charge is -2.19. The van der Waals surface area contributed by atoms with Crippen LogP contribution >= 0.6 is 0 Å². The zero-order valence-corrected chi connectivity index (χ0v) is 10.4. The van der Waals surface area contributed by atoms with Crippen LogP contribution in [-0.2, 0) is 0 Å². The molecule has 0 aliphatic heterocycles. The van der Waals surface area contributed by atoms with Crippen molar-refractivity contribution in [1.82, 2.24) is 19.5 Å². The minimum absolute atomic E-state index is 0.326. The van der Waals surface area contributed by atoms with Gasteiger partial charge in [-0.15, -0.1) is 0 Å². The molecule has 5 N–H and O–H groups in total. The number of nitrogens with zero attached hydrogens (tertiary/aromatic N) is 4. The van der Waals surface area contributed by atoms with Crippen molar-refractivity contribution in [2.45, 2.75) is 30.7 Å². The smallest absolute Gasteiger partial charge is 0.182 e. The Bertz CT molecular complexity index is 600. The van der Waals surface area contributed by atoms with E-state index in [1.807, 2.05) is 0 Å². The van der Waals surface area contributed by atoms with Gasteiger partial charge < -0.3 is 25.8 Å². The van der Waals surface area contributed by atoms with E-state index in [1.54, 1.807) is 17.9 Å². The first-order chi connectivity index (χ1) is 9.13. The van der Waals surface area contributed by atoms with Gasteiger partial charge in [-0.25, -0.2) is 15.0 Å². The third-order valence-electron chi connectivity index (χ3n) is 3.66. The second-order valence-electron chi connectivity index (χ2n) is 4.74.